The van der Waals surface area contributed by atoms with E-state index in [9.17, 15) is 79.8 Å². The van der Waals surface area contributed by atoms with E-state index in [4.69, 9.17) is 41.1 Å². The number of rotatable bonds is 30. The highest BCUT2D eigenvalue weighted by Crippen LogP contribution is 2.38. The molecule has 72 heavy (non-hydrogen) atoms. The van der Waals surface area contributed by atoms with Gasteiger partial charge in [0.1, 0.15) is 31.4 Å². The van der Waals surface area contributed by atoms with Crippen LogP contribution in [0.1, 0.15) is 11.1 Å². The van der Waals surface area contributed by atoms with Gasteiger partial charge in [0.15, 0.2) is 50.3 Å². The van der Waals surface area contributed by atoms with E-state index in [0.717, 1.165) is 31.9 Å². The molecule has 23 nitrogen and oxygen atoms in total. The number of hydrogen-bond acceptors (Lipinski definition) is 23. The third-order valence-electron chi connectivity index (χ3n) is 8.73. The minimum absolute atomic E-state index is 0.0495. The number of methoxy groups -OCH3 is 2. The van der Waals surface area contributed by atoms with Crippen LogP contribution >= 0.6 is 11.6 Å². The largest absolute Gasteiger partial charge is 0.399 e. The van der Waals surface area contributed by atoms with Gasteiger partial charge in [-0.3, -0.25) is 9.59 Å². The zero-order valence-corrected chi connectivity index (χ0v) is 39.0. The molecule has 2 unspecified atom stereocenters. The molecule has 0 aliphatic rings. The predicted molar refractivity (Wildman–Crippen MR) is 225 cm³/mol. The highest BCUT2D eigenvalue weighted by molar-refractivity contribution is 7.87. The number of carbonyl (C=O) groups is 3. The van der Waals surface area contributed by atoms with Crippen LogP contribution in [0.15, 0.2) is 89.8 Å². The van der Waals surface area contributed by atoms with Crippen molar-refractivity contribution in [2.24, 2.45) is 0 Å². The lowest BCUT2D eigenvalue weighted by Crippen LogP contribution is -2.66. The van der Waals surface area contributed by atoms with E-state index in [1.165, 1.54) is 12.1 Å². The van der Waals surface area contributed by atoms with Crippen LogP contribution in [0.3, 0.4) is 0 Å². The maximum atomic E-state index is 14.7. The van der Waals surface area contributed by atoms with Crippen LogP contribution in [0.25, 0.3) is 0 Å². The summed E-state index contributed by atoms with van der Waals surface area (Å²) in [5.74, 6) is -24.8. The highest BCUT2D eigenvalue weighted by atomic mass is 35.5. The van der Waals surface area contributed by atoms with Gasteiger partial charge < -0.3 is 88.0 Å². The summed E-state index contributed by atoms with van der Waals surface area (Å²) < 4.78 is 147. The summed E-state index contributed by atoms with van der Waals surface area (Å²) in [6.07, 6.45) is -16.9. The number of aliphatic hydroxyl groups is 9. The maximum absolute atomic E-state index is 14.7. The fraction of sp³-hybridized carbons (Fsp3) is 0.488. The van der Waals surface area contributed by atoms with Crippen LogP contribution < -0.4 is 0 Å². The van der Waals surface area contributed by atoms with Crippen LogP contribution in [-0.2, 0) is 79.8 Å². The summed E-state index contributed by atoms with van der Waals surface area (Å²) in [4.78, 5) is 31.5. The molecule has 3 aromatic carbocycles. The number of alkyl halides is 6. The van der Waals surface area contributed by atoms with E-state index < -0.39 is 139 Å². The van der Waals surface area contributed by atoms with Gasteiger partial charge in [-0.25, -0.2) is 4.79 Å². The van der Waals surface area contributed by atoms with Crippen LogP contribution in [-0.4, -0.2) is 187 Å². The number of benzene rings is 3. The average molecular weight is 1090 g/mol. The zero-order valence-electron chi connectivity index (χ0n) is 37.4. The van der Waals surface area contributed by atoms with Crippen LogP contribution in [0.2, 0.25) is 5.02 Å². The summed E-state index contributed by atoms with van der Waals surface area (Å²) in [5.41, 5.74) is 1.47. The van der Waals surface area contributed by atoms with Crippen molar-refractivity contribution in [3.05, 3.63) is 101 Å². The summed E-state index contributed by atoms with van der Waals surface area (Å²) in [5, 5.41) is 84.4. The van der Waals surface area contributed by atoms with Gasteiger partial charge in [0, 0.05) is 14.2 Å². The molecule has 3 aromatic rings. The number of aldehydes is 2. The Kier molecular flexibility index (Phi) is 28.0. The van der Waals surface area contributed by atoms with Crippen LogP contribution in [0.5, 0.6) is 0 Å². The second kappa shape index (κ2) is 30.7. The van der Waals surface area contributed by atoms with Crippen molar-refractivity contribution in [3.8, 4) is 0 Å². The number of aliphatic hydroxyl groups excluding tert-OH is 7. The van der Waals surface area contributed by atoms with E-state index in [0.29, 0.717) is 5.56 Å². The summed E-state index contributed by atoms with van der Waals surface area (Å²) >= 11 is 5.66. The molecule has 0 amide bonds. The van der Waals surface area contributed by atoms with E-state index in [2.05, 4.69) is 27.9 Å². The standard InChI is InChI=1S/C21H24F2O8.C15H19ClF2O11S.C5H8F2O4/c22-20(23,13-24)21(27,31-15-29-12-17-9-5-2-6-10-17)18(25)19(26)30-14-28-11-16-7-3-1-4-8-16;1-25-7-27-12(20)11(19)15(22,28-8-26-2)14(17,18)13(21)29-30(23,24)10-6-4-3-5-9(10)16;6-5(7,2-9)4(11)3(10)1-8/h1-10,13,18-19,25-27H,11-12,14-15H2;3-6,11-12,19-20,22H,7-8H2,1-2H3;2-4,8,10-11H,1H2/t18-,19?,21+;11-,12?,15+;3-,4-/m111/s1. The molecular formula is C41H51ClF6O23S. The van der Waals surface area contributed by atoms with Gasteiger partial charge in [0.2, 0.25) is 0 Å². The van der Waals surface area contributed by atoms with Crippen molar-refractivity contribution in [3.63, 3.8) is 0 Å². The Morgan fingerprint density at radius 1 is 0.639 bits per heavy atom. The highest BCUT2D eigenvalue weighted by Gasteiger charge is 2.68. The summed E-state index contributed by atoms with van der Waals surface area (Å²) in [6.45, 7) is -4.33. The Hall–Kier alpha value is -4.39. The zero-order chi connectivity index (χ0) is 55.0. The Bertz CT molecular complexity index is 2160. The van der Waals surface area contributed by atoms with Crippen molar-refractivity contribution < 1.29 is 137 Å². The van der Waals surface area contributed by atoms with Crippen LogP contribution in [0, 0.1) is 0 Å². The smallest absolute Gasteiger partial charge is 0.394 e. The molecule has 0 radical (unpaired) electrons. The number of hydrogen-bond donors (Lipinski definition) is 9. The quantitative estimate of drug-likeness (QED) is 0.0139. The second-order valence-electron chi connectivity index (χ2n) is 14.0. The van der Waals surface area contributed by atoms with E-state index in [1.807, 2.05) is 0 Å². The normalized spacial score (nSPS) is 16.4. The molecule has 0 saturated heterocycles. The van der Waals surface area contributed by atoms with Gasteiger partial charge in [0.25, 0.3) is 11.6 Å². The molecule has 0 aliphatic heterocycles. The fourth-order valence-electron chi connectivity index (χ4n) is 4.81. The Labute approximate surface area is 410 Å². The van der Waals surface area contributed by atoms with Gasteiger partial charge in [-0.1, -0.05) is 84.4 Å². The molecule has 31 heteroatoms. The predicted octanol–water partition coefficient (Wildman–Crippen LogP) is -0.0789. The van der Waals surface area contributed by atoms with Crippen molar-refractivity contribution in [1.29, 1.82) is 0 Å². The fourth-order valence-corrected chi connectivity index (χ4v) is 6.18. The molecule has 0 aliphatic carbocycles. The first-order chi connectivity index (χ1) is 33.6. The van der Waals surface area contributed by atoms with Gasteiger partial charge in [-0.2, -0.15) is 34.8 Å². The molecule has 0 heterocycles. The minimum atomic E-state index is -5.27. The van der Waals surface area contributed by atoms with E-state index in [1.54, 1.807) is 60.7 Å². The average Bonchev–Trinajstić information content (AvgIpc) is 3.36. The number of carbonyl (C=O) groups excluding carboxylic acids is 3. The molecule has 0 spiro atoms. The van der Waals surface area contributed by atoms with Crippen molar-refractivity contribution >= 4 is 40.3 Å². The first-order valence-corrected chi connectivity index (χ1v) is 21.5. The molecule has 0 fully saturated rings. The molecule has 9 N–H and O–H groups in total. The SMILES string of the molecule is COCOC(O)[C@@H](O)[C@](O)(OCOC)C(F)(F)C(=O)OS(=O)(=O)c1ccccc1Cl.O=CC(F)(F)[C@@](O)(OCOCc1ccccc1)[C@H](O)C(O)OCOCc1ccccc1.O=CC(F)(F)[C@H](O)[C@H](O)CO. The first kappa shape index (κ1) is 65.6. The monoisotopic (exact) mass is 1090 g/mol. The van der Waals surface area contributed by atoms with Gasteiger partial charge in [-0.15, -0.1) is 0 Å². The molecule has 3 rings (SSSR count). The van der Waals surface area contributed by atoms with Gasteiger partial charge in [0.05, 0.1) is 24.8 Å². The lowest BCUT2D eigenvalue weighted by molar-refractivity contribution is -0.386. The van der Waals surface area contributed by atoms with Crippen molar-refractivity contribution in [1.82, 2.24) is 0 Å². The minimum Gasteiger partial charge on any atom is -0.394 e. The molecule has 0 aromatic heterocycles. The summed E-state index contributed by atoms with van der Waals surface area (Å²) in [6, 6.07) is 22.0. The van der Waals surface area contributed by atoms with E-state index in [-0.39, 0.29) is 13.2 Å². The summed E-state index contributed by atoms with van der Waals surface area (Å²) in [7, 11) is -3.13. The lowest BCUT2D eigenvalue weighted by Gasteiger charge is -2.38. The molecular weight excluding hydrogens is 1040 g/mol. The van der Waals surface area contributed by atoms with Crippen LogP contribution in [0.4, 0.5) is 26.3 Å². The van der Waals surface area contributed by atoms with Gasteiger partial charge in [-0.05, 0) is 23.3 Å². The number of ether oxygens (including phenoxy) is 8. The molecule has 0 saturated carbocycles. The third-order valence-corrected chi connectivity index (χ3v) is 10.4. The molecule has 0 bridgehead atoms. The topological polar surface area (TPSA) is 350 Å². The Morgan fingerprint density at radius 3 is 1.54 bits per heavy atom. The third kappa shape index (κ3) is 19.1. The maximum Gasteiger partial charge on any atom is 0.399 e. The van der Waals surface area contributed by atoms with Crippen molar-refractivity contribution in [2.45, 2.75) is 84.4 Å². The Balaban J connectivity index is 0.000000597. The first-order valence-electron chi connectivity index (χ1n) is 19.8. The van der Waals surface area contributed by atoms with E-state index >= 15 is 0 Å². The molecule has 408 valence electrons. The number of halogens is 7. The molecule has 8 atom stereocenters. The van der Waals surface area contributed by atoms with Gasteiger partial charge >= 0.3 is 33.9 Å². The van der Waals surface area contributed by atoms with Crippen molar-refractivity contribution in [2.75, 3.05) is 48.0 Å². The Morgan fingerprint density at radius 2 is 1.08 bits per heavy atom. The second-order valence-corrected chi connectivity index (χ2v) is 15.9. The lowest BCUT2D eigenvalue weighted by atomic mass is 10.0.